The minimum Gasteiger partial charge on any atom is -0.457 e. The van der Waals surface area contributed by atoms with E-state index in [1.165, 1.54) is 6.08 Å². The van der Waals surface area contributed by atoms with E-state index in [-0.39, 0.29) is 24.4 Å². The molecule has 0 spiro atoms. The number of urea groups is 1. The number of hydrogen-bond acceptors (Lipinski definition) is 6. The van der Waals surface area contributed by atoms with Crippen molar-refractivity contribution in [2.45, 2.75) is 29.3 Å². The van der Waals surface area contributed by atoms with Crippen molar-refractivity contribution in [1.82, 2.24) is 20.5 Å². The topological polar surface area (TPSA) is 139 Å². The number of ether oxygens (including phenoxy) is 1. The number of carbonyl (C=O) groups is 3. The molecule has 3 aliphatic heterocycles. The van der Waals surface area contributed by atoms with E-state index < -0.39 is 16.9 Å². The van der Waals surface area contributed by atoms with Crippen LogP contribution >= 0.6 is 10.9 Å². The average Bonchev–Trinajstić information content (AvgIpc) is 3.56. The number of anilines is 1. The fourth-order valence-corrected chi connectivity index (χ4v) is 7.94. The van der Waals surface area contributed by atoms with Crippen molar-refractivity contribution in [3.63, 3.8) is 0 Å². The summed E-state index contributed by atoms with van der Waals surface area (Å²) in [6.07, 6.45) is 5.37. The second kappa shape index (κ2) is 11.1. The minimum absolute atomic E-state index is 0.127. The predicted molar refractivity (Wildman–Crippen MR) is 158 cm³/mol. The molecule has 2 aromatic carbocycles. The van der Waals surface area contributed by atoms with Crippen LogP contribution in [-0.2, 0) is 9.59 Å². The number of carbonyl (C=O) groups excluding carboxylic acids is 3. The lowest BCUT2D eigenvalue weighted by Crippen LogP contribution is -2.40. The second-order valence-corrected chi connectivity index (χ2v) is 12.0. The van der Waals surface area contributed by atoms with Crippen LogP contribution in [0.5, 0.6) is 11.5 Å². The molecular formula is C30H30N6O4S. The van der Waals surface area contributed by atoms with Crippen LogP contribution in [0.4, 0.5) is 10.5 Å². The first-order valence-electron chi connectivity index (χ1n) is 13.3. The zero-order valence-corrected chi connectivity index (χ0v) is 23.3. The number of para-hydroxylation sites is 1. The number of benzene rings is 2. The molecule has 1 fully saturated rings. The number of pyridine rings is 1. The van der Waals surface area contributed by atoms with Crippen LogP contribution in [0.15, 0.2) is 87.8 Å². The van der Waals surface area contributed by atoms with E-state index in [1.54, 1.807) is 23.2 Å². The van der Waals surface area contributed by atoms with Gasteiger partial charge in [0.2, 0.25) is 5.91 Å². The third-order valence-electron chi connectivity index (χ3n) is 7.17. The van der Waals surface area contributed by atoms with E-state index >= 15 is 0 Å². The van der Waals surface area contributed by atoms with Crippen molar-refractivity contribution in [1.29, 1.82) is 0 Å². The first kappa shape index (κ1) is 26.6. The Balaban J connectivity index is 1.33. The Labute approximate surface area is 240 Å². The maximum absolute atomic E-state index is 14.0. The van der Waals surface area contributed by atoms with Gasteiger partial charge in [-0.1, -0.05) is 24.3 Å². The molecule has 1 saturated heterocycles. The van der Waals surface area contributed by atoms with Crippen LogP contribution in [0.2, 0.25) is 0 Å². The van der Waals surface area contributed by atoms with E-state index in [1.807, 2.05) is 55.5 Å². The molecule has 4 heterocycles. The van der Waals surface area contributed by atoms with E-state index in [0.717, 1.165) is 26.8 Å². The van der Waals surface area contributed by atoms with E-state index in [0.29, 0.717) is 41.5 Å². The molecule has 3 aromatic rings. The molecular weight excluding hydrogens is 540 g/mol. The Morgan fingerprint density at radius 3 is 2.78 bits per heavy atom. The first-order valence-corrected chi connectivity index (χ1v) is 14.7. The van der Waals surface area contributed by atoms with E-state index in [4.69, 9.17) is 15.5 Å². The van der Waals surface area contributed by atoms with E-state index in [2.05, 4.69) is 16.0 Å². The van der Waals surface area contributed by atoms with Crippen LogP contribution in [0.3, 0.4) is 0 Å². The Kier molecular flexibility index (Phi) is 7.21. The highest BCUT2D eigenvalue weighted by Crippen LogP contribution is 2.61. The Bertz CT molecular complexity index is 1610. The van der Waals surface area contributed by atoms with Gasteiger partial charge in [-0.15, -0.1) is 10.9 Å². The molecule has 210 valence electrons. The van der Waals surface area contributed by atoms with Crippen LogP contribution in [-0.4, -0.2) is 53.4 Å². The number of aromatic nitrogens is 1. The third-order valence-corrected chi connectivity index (χ3v) is 9.79. The van der Waals surface area contributed by atoms with Crippen molar-refractivity contribution in [2.75, 3.05) is 25.0 Å². The highest BCUT2D eigenvalue weighted by Gasteiger charge is 2.41. The summed E-state index contributed by atoms with van der Waals surface area (Å²) in [4.78, 5) is 46.9. The molecule has 3 aliphatic rings. The van der Waals surface area contributed by atoms with Gasteiger partial charge in [-0.05, 0) is 55.3 Å². The normalized spacial score (nSPS) is 20.0. The van der Waals surface area contributed by atoms with Crippen molar-refractivity contribution < 1.29 is 19.1 Å². The van der Waals surface area contributed by atoms with Gasteiger partial charge in [0.1, 0.15) is 11.5 Å². The smallest absolute Gasteiger partial charge is 0.323 e. The quantitative estimate of drug-likeness (QED) is 0.217. The largest absolute Gasteiger partial charge is 0.457 e. The molecule has 10 nitrogen and oxygen atoms in total. The van der Waals surface area contributed by atoms with Gasteiger partial charge in [-0.25, -0.2) is 4.79 Å². The monoisotopic (exact) mass is 570 g/mol. The van der Waals surface area contributed by atoms with Gasteiger partial charge in [0.15, 0.2) is 0 Å². The second-order valence-electron chi connectivity index (χ2n) is 9.94. The summed E-state index contributed by atoms with van der Waals surface area (Å²) in [7, 11) is -1.40. The minimum atomic E-state index is -1.40. The molecule has 2 atom stereocenters. The van der Waals surface area contributed by atoms with Crippen LogP contribution < -0.4 is 26.4 Å². The standard InChI is InChI=1S/C30H30N6O4S/c1-18-16-21(40-20-6-3-2-4-7-20)9-10-23(18)41-27(26-25-22(34-30(39)35-26)11-14-32-29(25)41)28(38)33-19-12-15-36(17-19)24(37)8-5-13-31/h2-11,14,16,19,41H,12-13,15,17,31H2,1H3,(H,33,38)(H2,34,35,39)/b8-5+. The Morgan fingerprint density at radius 2 is 2.00 bits per heavy atom. The summed E-state index contributed by atoms with van der Waals surface area (Å²) >= 11 is 0. The summed E-state index contributed by atoms with van der Waals surface area (Å²) in [5.41, 5.74) is 8.26. The molecule has 0 saturated carbocycles. The molecule has 0 bridgehead atoms. The molecule has 0 radical (unpaired) electrons. The van der Waals surface area contributed by atoms with Gasteiger partial charge >= 0.3 is 6.03 Å². The third kappa shape index (κ3) is 5.17. The lowest BCUT2D eigenvalue weighted by Gasteiger charge is -2.24. The first-order chi connectivity index (χ1) is 19.9. The number of likely N-dealkylation sites (tertiary alicyclic amines) is 1. The number of thiol groups is 1. The number of aryl methyl sites for hydroxylation is 1. The lowest BCUT2D eigenvalue weighted by atomic mass is 10.1. The maximum atomic E-state index is 14.0. The zero-order valence-electron chi connectivity index (χ0n) is 22.4. The van der Waals surface area contributed by atoms with Crippen molar-refractivity contribution >= 4 is 40.1 Å². The summed E-state index contributed by atoms with van der Waals surface area (Å²) in [5, 5.41) is 9.60. The molecule has 4 amide bonds. The summed E-state index contributed by atoms with van der Waals surface area (Å²) in [6.45, 7) is 3.21. The fourth-order valence-electron chi connectivity index (χ4n) is 5.32. The van der Waals surface area contributed by atoms with Gasteiger partial charge in [0.25, 0.3) is 5.91 Å². The number of hydrogen-bond donors (Lipinski definition) is 5. The predicted octanol–water partition coefficient (Wildman–Crippen LogP) is 3.65. The lowest BCUT2D eigenvalue weighted by molar-refractivity contribution is -0.125. The SMILES string of the molecule is Cc1cc(Oc2ccccc2)ccc1[SH]1C(C(=O)NC2CCN(C(=O)/C=C/CN)C2)=C2NC(=O)Nc3ccnc1c32. The summed E-state index contributed by atoms with van der Waals surface area (Å²) in [6, 6.07) is 16.5. The number of nitrogens with one attached hydrogen (secondary N) is 3. The molecule has 11 heteroatoms. The molecule has 41 heavy (non-hydrogen) atoms. The number of rotatable bonds is 7. The molecule has 2 unspecified atom stereocenters. The van der Waals surface area contributed by atoms with Crippen molar-refractivity contribution in [2.24, 2.45) is 5.73 Å². The van der Waals surface area contributed by atoms with Gasteiger partial charge in [-0.3, -0.25) is 14.6 Å². The van der Waals surface area contributed by atoms with Gasteiger partial charge in [-0.2, -0.15) is 0 Å². The number of nitrogens with two attached hydrogens (primary N) is 1. The molecule has 1 aromatic heterocycles. The summed E-state index contributed by atoms with van der Waals surface area (Å²) in [5.74, 6) is 1.01. The van der Waals surface area contributed by atoms with Gasteiger partial charge in [0.05, 0.1) is 26.9 Å². The van der Waals surface area contributed by atoms with Gasteiger partial charge < -0.3 is 31.3 Å². The molecule has 5 N–H and O–H groups in total. The van der Waals surface area contributed by atoms with Crippen LogP contribution in [0, 0.1) is 6.92 Å². The highest BCUT2D eigenvalue weighted by atomic mass is 32.2. The highest BCUT2D eigenvalue weighted by molar-refractivity contribution is 8.21. The van der Waals surface area contributed by atoms with Crippen LogP contribution in [0.1, 0.15) is 17.5 Å². The maximum Gasteiger partial charge on any atom is 0.323 e. The Hall–Kier alpha value is -4.61. The summed E-state index contributed by atoms with van der Waals surface area (Å²) < 4.78 is 6.04. The van der Waals surface area contributed by atoms with Crippen molar-refractivity contribution in [3.05, 3.63) is 89.0 Å². The molecule has 0 aliphatic carbocycles. The number of nitrogens with zero attached hydrogens (tertiary/aromatic N) is 2. The zero-order chi connectivity index (χ0) is 28.5. The fraction of sp³-hybridized carbons (Fsp3) is 0.200. The van der Waals surface area contributed by atoms with Crippen LogP contribution in [0.25, 0.3) is 5.70 Å². The van der Waals surface area contributed by atoms with Gasteiger partial charge in [0, 0.05) is 42.8 Å². The molecule has 6 rings (SSSR count). The van der Waals surface area contributed by atoms with E-state index in [9.17, 15) is 14.4 Å². The average molecular weight is 571 g/mol. The Morgan fingerprint density at radius 1 is 1.17 bits per heavy atom. The number of amides is 4. The van der Waals surface area contributed by atoms with Crippen molar-refractivity contribution in [3.8, 4) is 11.5 Å².